The number of methoxy groups -OCH3 is 2. The van der Waals surface area contributed by atoms with Crippen LogP contribution in [-0.2, 0) is 9.59 Å². The number of hydrogen-bond donors (Lipinski definition) is 2. The summed E-state index contributed by atoms with van der Waals surface area (Å²) in [5.74, 6) is -0.0358. The molecule has 0 aromatic heterocycles. The third-order valence-corrected chi connectivity index (χ3v) is 6.62. The zero-order chi connectivity index (χ0) is 25.7. The third-order valence-electron chi connectivity index (χ3n) is 6.15. The summed E-state index contributed by atoms with van der Waals surface area (Å²) in [7, 11) is 3.24. The lowest BCUT2D eigenvalue weighted by molar-refractivity contribution is -0.140. The summed E-state index contributed by atoms with van der Waals surface area (Å²) >= 11 is 8.88. The number of benzene rings is 2. The molecule has 2 aromatic rings. The first-order chi connectivity index (χ1) is 16.7. The predicted molar refractivity (Wildman–Crippen MR) is 145 cm³/mol. The molecule has 0 bridgehead atoms. The van der Waals surface area contributed by atoms with Crippen LogP contribution in [0.1, 0.15) is 43.7 Å². The molecule has 2 aromatic carbocycles. The van der Waals surface area contributed by atoms with Crippen molar-refractivity contribution in [1.29, 1.82) is 0 Å². The smallest absolute Gasteiger partial charge is 0.323 e. The molecule has 1 heterocycles. The van der Waals surface area contributed by atoms with Gasteiger partial charge in [0, 0.05) is 35.5 Å². The van der Waals surface area contributed by atoms with Gasteiger partial charge in [-0.25, -0.2) is 0 Å². The molecule has 2 unspecified atom stereocenters. The highest BCUT2D eigenvalue weighted by Crippen LogP contribution is 2.48. The average molecular weight is 515 g/mol. The van der Waals surface area contributed by atoms with E-state index in [2.05, 4.69) is 43.5 Å². The van der Waals surface area contributed by atoms with Gasteiger partial charge in [-0.1, -0.05) is 31.6 Å². The first kappa shape index (κ1) is 26.6. The van der Waals surface area contributed by atoms with Crippen molar-refractivity contribution in [3.63, 3.8) is 0 Å². The molecule has 0 spiro atoms. The summed E-state index contributed by atoms with van der Waals surface area (Å²) in [5.41, 5.74) is 4.17. The molecule has 35 heavy (non-hydrogen) atoms. The zero-order valence-electron chi connectivity index (χ0n) is 20.2. The van der Waals surface area contributed by atoms with Crippen molar-refractivity contribution in [3.05, 3.63) is 53.6 Å². The molecule has 9 heteroatoms. The second-order valence-corrected chi connectivity index (χ2v) is 9.41. The average Bonchev–Trinajstić information content (AvgIpc) is 3.11. The van der Waals surface area contributed by atoms with Gasteiger partial charge in [0.05, 0.1) is 14.2 Å². The molecule has 1 N–H and O–H groups in total. The van der Waals surface area contributed by atoms with Gasteiger partial charge < -0.3 is 19.5 Å². The Balaban J connectivity index is 1.96. The van der Waals surface area contributed by atoms with Crippen molar-refractivity contribution < 1.29 is 24.2 Å². The molecular formula is C26H30N2O5S2. The normalized spacial score (nSPS) is 16.8. The highest BCUT2D eigenvalue weighted by Gasteiger charge is 2.36. The lowest BCUT2D eigenvalue weighted by Gasteiger charge is -2.28. The fourth-order valence-electron chi connectivity index (χ4n) is 4.54. The number of ether oxygens (including phenoxy) is 2. The molecule has 0 aliphatic carbocycles. The molecule has 0 fully saturated rings. The number of hydrogen-bond acceptors (Lipinski definition) is 6. The monoisotopic (exact) mass is 514 g/mol. The van der Waals surface area contributed by atoms with Crippen molar-refractivity contribution in [2.75, 3.05) is 25.7 Å². The summed E-state index contributed by atoms with van der Waals surface area (Å²) < 4.78 is 10.8. The molecule has 0 radical (unpaired) electrons. The Bertz CT molecular complexity index is 1150. The number of carbonyl (C=O) groups excluding carboxylic acids is 1. The molecule has 7 nitrogen and oxygen atoms in total. The van der Waals surface area contributed by atoms with Crippen LogP contribution in [0, 0.1) is 0 Å². The van der Waals surface area contributed by atoms with Gasteiger partial charge >= 0.3 is 5.97 Å². The third kappa shape index (κ3) is 5.79. The maximum absolute atomic E-state index is 12.5. The number of nitrogens with zero attached hydrogens (tertiary/aromatic N) is 2. The minimum absolute atomic E-state index is 0.0848. The predicted octanol–water partition coefficient (Wildman–Crippen LogP) is 5.27. The van der Waals surface area contributed by atoms with Crippen LogP contribution >= 0.6 is 24.8 Å². The minimum atomic E-state index is -1.16. The first-order valence-electron chi connectivity index (χ1n) is 11.3. The van der Waals surface area contributed by atoms with Gasteiger partial charge in [0.1, 0.15) is 10.9 Å². The fourth-order valence-corrected chi connectivity index (χ4v) is 4.87. The molecule has 2 atom stereocenters. The number of anilines is 2. The molecule has 3 rings (SSSR count). The van der Waals surface area contributed by atoms with Crippen molar-refractivity contribution in [1.82, 2.24) is 4.90 Å². The van der Waals surface area contributed by atoms with Crippen LogP contribution in [0.2, 0.25) is 0 Å². The molecular weight excluding hydrogens is 484 g/mol. The molecule has 186 valence electrons. The Morgan fingerprint density at radius 3 is 2.49 bits per heavy atom. The van der Waals surface area contributed by atoms with Crippen LogP contribution in [0.5, 0.6) is 11.5 Å². The first-order valence-corrected chi connectivity index (χ1v) is 12.2. The van der Waals surface area contributed by atoms with E-state index in [1.165, 1.54) is 11.6 Å². The lowest BCUT2D eigenvalue weighted by Crippen LogP contribution is -2.36. The van der Waals surface area contributed by atoms with Gasteiger partial charge in [0.15, 0.2) is 11.5 Å². The van der Waals surface area contributed by atoms with Crippen molar-refractivity contribution >= 4 is 58.5 Å². The van der Waals surface area contributed by atoms with Crippen LogP contribution in [0.3, 0.4) is 0 Å². The summed E-state index contributed by atoms with van der Waals surface area (Å²) in [4.78, 5) is 26.8. The highest BCUT2D eigenvalue weighted by atomic mass is 32.1. The zero-order valence-corrected chi connectivity index (χ0v) is 21.9. The largest absolute Gasteiger partial charge is 0.493 e. The van der Waals surface area contributed by atoms with Gasteiger partial charge in [-0.2, -0.15) is 0 Å². The number of fused-ring (bicyclic) bond motifs is 1. The Morgan fingerprint density at radius 1 is 1.17 bits per heavy atom. The Kier molecular flexibility index (Phi) is 8.80. The Hall–Kier alpha value is -3.04. The van der Waals surface area contributed by atoms with E-state index in [4.69, 9.17) is 26.8 Å². The van der Waals surface area contributed by atoms with Gasteiger partial charge in [-0.3, -0.25) is 14.5 Å². The number of carboxylic acids is 1. The van der Waals surface area contributed by atoms with Crippen LogP contribution in [0.25, 0.3) is 6.08 Å². The summed E-state index contributed by atoms with van der Waals surface area (Å²) in [5, 5.41) is 9.03. The number of amides is 1. The Labute approximate surface area is 216 Å². The van der Waals surface area contributed by atoms with E-state index in [9.17, 15) is 9.59 Å². The standard InChI is InChI=1S/C26H30N2O5S2/c1-5-6-19-16(2)28(18-9-11-22(32-3)23(14-18)33-4)21-10-7-17(13-20(19)21)8-12-24(29)27(26(34)35)15-25(30)31/h7-14,16,19H,5-6,15H2,1-4H3,(H,30,31)(H,34,35)/b12-8+. The van der Waals surface area contributed by atoms with Crippen LogP contribution in [0.4, 0.5) is 11.4 Å². The molecule has 1 aliphatic rings. The van der Waals surface area contributed by atoms with Crippen molar-refractivity contribution in [2.45, 2.75) is 38.6 Å². The number of rotatable bonds is 9. The number of thiol groups is 1. The van der Waals surface area contributed by atoms with Crippen molar-refractivity contribution in [3.8, 4) is 11.5 Å². The van der Waals surface area contributed by atoms with Gasteiger partial charge in [-0.05, 0) is 54.8 Å². The van der Waals surface area contributed by atoms with Crippen LogP contribution in [-0.4, -0.2) is 53.0 Å². The number of aliphatic carboxylic acids is 1. The molecule has 1 amide bonds. The lowest BCUT2D eigenvalue weighted by atomic mass is 9.90. The summed E-state index contributed by atoms with van der Waals surface area (Å²) in [6.45, 7) is 3.85. The van der Waals surface area contributed by atoms with E-state index in [0.717, 1.165) is 34.7 Å². The molecule has 1 aliphatic heterocycles. The fraction of sp³-hybridized carbons (Fsp3) is 0.346. The molecule has 0 saturated carbocycles. The summed E-state index contributed by atoms with van der Waals surface area (Å²) in [6, 6.07) is 12.2. The second kappa shape index (κ2) is 11.6. The number of carboxylic acid groups (broad SMARTS) is 1. The van der Waals surface area contributed by atoms with Gasteiger partial charge in [0.25, 0.3) is 5.91 Å². The second-order valence-electron chi connectivity index (χ2n) is 8.30. The topological polar surface area (TPSA) is 79.3 Å². The van der Waals surface area contributed by atoms with Crippen LogP contribution in [0.15, 0.2) is 42.5 Å². The number of carbonyl (C=O) groups is 2. The van der Waals surface area contributed by atoms with Gasteiger partial charge in [-0.15, -0.1) is 12.6 Å². The van der Waals surface area contributed by atoms with E-state index in [1.807, 2.05) is 24.3 Å². The summed E-state index contributed by atoms with van der Waals surface area (Å²) in [6.07, 6.45) is 5.06. The maximum Gasteiger partial charge on any atom is 0.323 e. The highest BCUT2D eigenvalue weighted by molar-refractivity contribution is 8.11. The van der Waals surface area contributed by atoms with E-state index in [0.29, 0.717) is 17.4 Å². The molecule has 0 saturated heterocycles. The maximum atomic E-state index is 12.5. The van der Waals surface area contributed by atoms with E-state index < -0.39 is 18.4 Å². The van der Waals surface area contributed by atoms with E-state index in [-0.39, 0.29) is 10.4 Å². The number of thiocarbonyl (C=S) groups is 1. The Morgan fingerprint density at radius 2 is 1.89 bits per heavy atom. The van der Waals surface area contributed by atoms with Gasteiger partial charge in [0.2, 0.25) is 0 Å². The SMILES string of the molecule is CCCC1c2cc(/C=C/C(=O)N(CC(=O)O)C(=S)S)ccc2N(c2ccc(OC)c(OC)c2)C1C. The van der Waals surface area contributed by atoms with Crippen molar-refractivity contribution in [2.24, 2.45) is 0 Å². The van der Waals surface area contributed by atoms with E-state index >= 15 is 0 Å². The van der Waals surface area contributed by atoms with E-state index in [1.54, 1.807) is 20.3 Å². The minimum Gasteiger partial charge on any atom is -0.493 e. The van der Waals surface area contributed by atoms with Crippen LogP contribution < -0.4 is 14.4 Å². The quantitative estimate of drug-likeness (QED) is 0.268.